The summed E-state index contributed by atoms with van der Waals surface area (Å²) in [5.74, 6) is -0.300. The van der Waals surface area contributed by atoms with E-state index < -0.39 is 0 Å². The molecule has 1 heterocycles. The van der Waals surface area contributed by atoms with Crippen LogP contribution in [0.25, 0.3) is 0 Å². The third-order valence-electron chi connectivity index (χ3n) is 5.31. The standard InChI is InChI=1S/C16H15BrClNO3/c1-6-2-9(17)10(18)5-11(6)19-15(20)13-7-3-8-12(4-7)22-16(21)14(8)13/h2,5,7-8,12-14H,3-4H2,1H3,(H,19,20)/t7-,8-,12-,13-,14+/m1/s1. The van der Waals surface area contributed by atoms with Gasteiger partial charge >= 0.3 is 5.97 Å². The molecule has 4 rings (SSSR count). The van der Waals surface area contributed by atoms with Gasteiger partial charge in [-0.25, -0.2) is 0 Å². The van der Waals surface area contributed by atoms with Crippen LogP contribution in [0.5, 0.6) is 0 Å². The van der Waals surface area contributed by atoms with Gasteiger partial charge in [0.1, 0.15) is 6.10 Å². The maximum absolute atomic E-state index is 12.7. The number of carbonyl (C=O) groups is 2. The van der Waals surface area contributed by atoms with E-state index in [1.165, 1.54) is 0 Å². The van der Waals surface area contributed by atoms with Crippen molar-refractivity contribution in [3.05, 3.63) is 27.2 Å². The summed E-state index contributed by atoms with van der Waals surface area (Å²) < 4.78 is 6.18. The molecule has 1 aromatic rings. The third-order valence-corrected chi connectivity index (χ3v) is 6.51. The number of rotatable bonds is 2. The third kappa shape index (κ3) is 2.02. The highest BCUT2D eigenvalue weighted by Crippen LogP contribution is 2.57. The van der Waals surface area contributed by atoms with E-state index in [9.17, 15) is 9.59 Å². The van der Waals surface area contributed by atoms with Crippen molar-refractivity contribution in [2.24, 2.45) is 23.7 Å². The van der Waals surface area contributed by atoms with E-state index in [2.05, 4.69) is 21.2 Å². The van der Waals surface area contributed by atoms with Crippen LogP contribution in [0.4, 0.5) is 5.69 Å². The minimum atomic E-state index is -0.266. The molecule has 2 saturated carbocycles. The van der Waals surface area contributed by atoms with Gasteiger partial charge in [0.2, 0.25) is 5.91 Å². The molecule has 0 aromatic heterocycles. The first kappa shape index (κ1) is 14.5. The lowest BCUT2D eigenvalue weighted by atomic mass is 9.79. The molecule has 0 unspecified atom stereocenters. The van der Waals surface area contributed by atoms with Gasteiger partial charge in [0, 0.05) is 16.1 Å². The summed E-state index contributed by atoms with van der Waals surface area (Å²) in [4.78, 5) is 24.7. The maximum atomic E-state index is 12.7. The van der Waals surface area contributed by atoms with Crippen LogP contribution in [0.3, 0.4) is 0 Å². The molecule has 6 heteroatoms. The summed E-state index contributed by atoms with van der Waals surface area (Å²) in [5, 5.41) is 3.51. The minimum Gasteiger partial charge on any atom is -0.462 e. The molecule has 2 bridgehead atoms. The first-order chi connectivity index (χ1) is 10.5. The number of fused-ring (bicyclic) bond motifs is 1. The zero-order valence-electron chi connectivity index (χ0n) is 11.9. The second-order valence-electron chi connectivity index (χ2n) is 6.49. The Bertz CT molecular complexity index is 690. The van der Waals surface area contributed by atoms with Gasteiger partial charge in [-0.2, -0.15) is 0 Å². The van der Waals surface area contributed by atoms with Crippen molar-refractivity contribution in [2.75, 3.05) is 5.32 Å². The molecule has 3 fully saturated rings. The monoisotopic (exact) mass is 383 g/mol. The molecule has 5 atom stereocenters. The predicted octanol–water partition coefficient (Wildman–Crippen LogP) is 3.55. The second-order valence-corrected chi connectivity index (χ2v) is 7.75. The topological polar surface area (TPSA) is 55.4 Å². The van der Waals surface area contributed by atoms with E-state index >= 15 is 0 Å². The average molecular weight is 385 g/mol. The smallest absolute Gasteiger partial charge is 0.310 e. The summed E-state index contributed by atoms with van der Waals surface area (Å²) in [6.45, 7) is 1.91. The zero-order chi connectivity index (χ0) is 15.6. The Kier molecular flexibility index (Phi) is 3.28. The number of hydrogen-bond acceptors (Lipinski definition) is 3. The van der Waals surface area contributed by atoms with Gasteiger partial charge in [-0.15, -0.1) is 0 Å². The number of nitrogens with one attached hydrogen (secondary N) is 1. The number of halogens is 2. The molecule has 0 spiro atoms. The number of ether oxygens (including phenoxy) is 1. The van der Waals surface area contributed by atoms with Crippen LogP contribution in [0, 0.1) is 30.6 Å². The Labute approximate surface area is 141 Å². The highest BCUT2D eigenvalue weighted by molar-refractivity contribution is 9.10. The number of anilines is 1. The Morgan fingerprint density at radius 1 is 1.41 bits per heavy atom. The van der Waals surface area contributed by atoms with Crippen molar-refractivity contribution >= 4 is 45.1 Å². The largest absolute Gasteiger partial charge is 0.462 e. The Hall–Kier alpha value is -1.07. The first-order valence-electron chi connectivity index (χ1n) is 7.42. The van der Waals surface area contributed by atoms with E-state index in [-0.39, 0.29) is 41.7 Å². The average Bonchev–Trinajstić information content (AvgIpc) is 3.05. The van der Waals surface area contributed by atoms with Crippen LogP contribution in [-0.4, -0.2) is 18.0 Å². The number of benzene rings is 1. The van der Waals surface area contributed by atoms with Crippen LogP contribution in [0.15, 0.2) is 16.6 Å². The fourth-order valence-electron chi connectivity index (χ4n) is 4.36. The minimum absolute atomic E-state index is 0.0513. The molecule has 1 N–H and O–H groups in total. The van der Waals surface area contributed by atoms with Crippen molar-refractivity contribution in [1.82, 2.24) is 0 Å². The zero-order valence-corrected chi connectivity index (χ0v) is 14.3. The number of esters is 1. The molecule has 3 aliphatic rings. The summed E-state index contributed by atoms with van der Waals surface area (Å²) in [5.41, 5.74) is 1.63. The fraction of sp³-hybridized carbons (Fsp3) is 0.500. The molecule has 4 nitrogen and oxygen atoms in total. The normalized spacial score (nSPS) is 34.9. The number of aryl methyl sites for hydroxylation is 1. The molecule has 1 aromatic carbocycles. The van der Waals surface area contributed by atoms with Crippen molar-refractivity contribution in [3.63, 3.8) is 0 Å². The van der Waals surface area contributed by atoms with Gasteiger partial charge in [0.05, 0.1) is 16.9 Å². The highest BCUT2D eigenvalue weighted by atomic mass is 79.9. The predicted molar refractivity (Wildman–Crippen MR) is 85.6 cm³/mol. The number of carbonyl (C=O) groups excluding carboxylic acids is 2. The van der Waals surface area contributed by atoms with Crippen LogP contribution < -0.4 is 5.32 Å². The lowest BCUT2D eigenvalue weighted by Gasteiger charge is -2.24. The van der Waals surface area contributed by atoms with E-state index in [1.54, 1.807) is 6.07 Å². The molecule has 116 valence electrons. The van der Waals surface area contributed by atoms with Gasteiger partial charge in [-0.3, -0.25) is 9.59 Å². The Balaban J connectivity index is 1.59. The second kappa shape index (κ2) is 4.96. The van der Waals surface area contributed by atoms with E-state index in [0.717, 1.165) is 22.9 Å². The van der Waals surface area contributed by atoms with Crippen molar-refractivity contribution in [3.8, 4) is 0 Å². The van der Waals surface area contributed by atoms with E-state index in [4.69, 9.17) is 16.3 Å². The quantitative estimate of drug-likeness (QED) is 0.793. The SMILES string of the molecule is Cc1cc(Br)c(Cl)cc1NC(=O)[C@@H]1[C@@H]2C[C@H]3[C@@H]1C(=O)O[C@@H]3C2. The Morgan fingerprint density at radius 3 is 2.95 bits per heavy atom. The van der Waals surface area contributed by atoms with Crippen LogP contribution >= 0.6 is 27.5 Å². The van der Waals surface area contributed by atoms with Gasteiger partial charge in [0.25, 0.3) is 0 Å². The summed E-state index contributed by atoms with van der Waals surface area (Å²) in [6, 6.07) is 3.61. The van der Waals surface area contributed by atoms with Crippen molar-refractivity contribution in [1.29, 1.82) is 0 Å². The van der Waals surface area contributed by atoms with Crippen LogP contribution in [-0.2, 0) is 14.3 Å². The van der Waals surface area contributed by atoms with Gasteiger partial charge in [-0.05, 0) is 59.3 Å². The van der Waals surface area contributed by atoms with E-state index in [0.29, 0.717) is 10.7 Å². The molecule has 1 aliphatic heterocycles. The summed E-state index contributed by atoms with van der Waals surface area (Å²) in [6.07, 6.45) is 1.81. The van der Waals surface area contributed by atoms with Crippen molar-refractivity contribution in [2.45, 2.75) is 25.9 Å². The molecule has 22 heavy (non-hydrogen) atoms. The fourth-order valence-corrected chi connectivity index (χ4v) is 4.98. The van der Waals surface area contributed by atoms with Gasteiger partial charge in [-0.1, -0.05) is 11.6 Å². The molecule has 2 aliphatic carbocycles. The number of hydrogen-bond donors (Lipinski definition) is 1. The maximum Gasteiger partial charge on any atom is 0.310 e. The lowest BCUT2D eigenvalue weighted by molar-refractivity contribution is -0.145. The highest BCUT2D eigenvalue weighted by Gasteiger charge is 2.63. The summed E-state index contributed by atoms with van der Waals surface area (Å²) in [7, 11) is 0. The number of amides is 1. The summed E-state index contributed by atoms with van der Waals surface area (Å²) >= 11 is 9.47. The lowest BCUT2D eigenvalue weighted by Crippen LogP contribution is -2.36. The van der Waals surface area contributed by atoms with Gasteiger partial charge < -0.3 is 10.1 Å². The molecule has 1 saturated heterocycles. The first-order valence-corrected chi connectivity index (χ1v) is 8.60. The molecular weight excluding hydrogens is 370 g/mol. The van der Waals surface area contributed by atoms with Crippen LogP contribution in [0.1, 0.15) is 18.4 Å². The van der Waals surface area contributed by atoms with Crippen LogP contribution in [0.2, 0.25) is 5.02 Å². The van der Waals surface area contributed by atoms with Crippen molar-refractivity contribution < 1.29 is 14.3 Å². The molecular formula is C16H15BrClNO3. The van der Waals surface area contributed by atoms with E-state index in [1.807, 2.05) is 13.0 Å². The molecule has 0 radical (unpaired) electrons. The molecule has 1 amide bonds. The van der Waals surface area contributed by atoms with Gasteiger partial charge in [0.15, 0.2) is 0 Å². The Morgan fingerprint density at radius 2 is 2.18 bits per heavy atom.